The third-order valence-electron chi connectivity index (χ3n) is 2.65. The van der Waals surface area contributed by atoms with E-state index in [2.05, 4.69) is 36.3 Å². The Morgan fingerprint density at radius 2 is 1.93 bits per heavy atom. The average Bonchev–Trinajstić information content (AvgIpc) is 2.73. The molecule has 0 amide bonds. The number of hydrogen-bond donors (Lipinski definition) is 0. The molecule has 1 fully saturated rings. The minimum atomic E-state index is -0.0234. The molecular formula is C10H18N4S. The van der Waals surface area contributed by atoms with E-state index in [0.29, 0.717) is 0 Å². The van der Waals surface area contributed by atoms with Crippen molar-refractivity contribution in [1.29, 1.82) is 0 Å². The summed E-state index contributed by atoms with van der Waals surface area (Å²) < 4.78 is 1.93. The van der Waals surface area contributed by atoms with Gasteiger partial charge in [0.05, 0.1) is 5.54 Å². The Labute approximate surface area is 94.8 Å². The van der Waals surface area contributed by atoms with Gasteiger partial charge in [-0.2, -0.15) is 0 Å². The van der Waals surface area contributed by atoms with Crippen LogP contribution in [0.15, 0.2) is 5.16 Å². The molecule has 0 N–H and O–H groups in total. The van der Waals surface area contributed by atoms with Crippen LogP contribution < -0.4 is 0 Å². The Bertz CT molecular complexity index is 322. The van der Waals surface area contributed by atoms with E-state index in [1.807, 2.05) is 16.4 Å². The van der Waals surface area contributed by atoms with Crippen LogP contribution in [0, 0.1) is 0 Å². The van der Waals surface area contributed by atoms with Gasteiger partial charge in [-0.15, -0.1) is 5.10 Å². The van der Waals surface area contributed by atoms with Crippen molar-refractivity contribution in [2.24, 2.45) is 0 Å². The summed E-state index contributed by atoms with van der Waals surface area (Å²) in [5.74, 6) is 0. The summed E-state index contributed by atoms with van der Waals surface area (Å²) in [6.45, 7) is 6.38. The van der Waals surface area contributed by atoms with E-state index >= 15 is 0 Å². The third-order valence-corrected chi connectivity index (χ3v) is 3.92. The van der Waals surface area contributed by atoms with Gasteiger partial charge in [-0.25, -0.2) is 4.68 Å². The van der Waals surface area contributed by atoms with E-state index in [1.54, 1.807) is 0 Å². The molecule has 5 heteroatoms. The fourth-order valence-corrected chi connectivity index (χ4v) is 3.19. The predicted octanol–water partition coefficient (Wildman–Crippen LogP) is 2.46. The second-order valence-corrected chi connectivity index (χ2v) is 6.34. The predicted molar refractivity (Wildman–Crippen MR) is 60.9 cm³/mol. The molecule has 0 aromatic carbocycles. The molecule has 0 aliphatic heterocycles. The van der Waals surface area contributed by atoms with Gasteiger partial charge in [0.2, 0.25) is 5.16 Å². The molecule has 0 radical (unpaired) electrons. The van der Waals surface area contributed by atoms with Gasteiger partial charge in [-0.05, 0) is 44.0 Å². The summed E-state index contributed by atoms with van der Waals surface area (Å²) in [6.07, 6.45) is 5.33. The fourth-order valence-electron chi connectivity index (χ4n) is 1.83. The number of hydrogen-bond acceptors (Lipinski definition) is 4. The molecule has 2 rings (SSSR count). The van der Waals surface area contributed by atoms with E-state index in [0.717, 1.165) is 10.4 Å². The van der Waals surface area contributed by atoms with Crippen molar-refractivity contribution in [3.8, 4) is 0 Å². The minimum absolute atomic E-state index is 0.0234. The lowest BCUT2D eigenvalue weighted by Gasteiger charge is -2.20. The lowest BCUT2D eigenvalue weighted by molar-refractivity contribution is 0.321. The second-order valence-electron chi connectivity index (χ2n) is 5.07. The van der Waals surface area contributed by atoms with E-state index in [-0.39, 0.29) is 5.54 Å². The normalized spacial score (nSPS) is 18.6. The third kappa shape index (κ3) is 2.51. The molecule has 0 spiro atoms. The smallest absolute Gasteiger partial charge is 0.210 e. The lowest BCUT2D eigenvalue weighted by atomic mass is 10.1. The van der Waals surface area contributed by atoms with Gasteiger partial charge in [-0.1, -0.05) is 24.6 Å². The highest BCUT2D eigenvalue weighted by Gasteiger charge is 2.24. The lowest BCUT2D eigenvalue weighted by Crippen LogP contribution is -2.24. The molecule has 1 heterocycles. The first-order valence-corrected chi connectivity index (χ1v) is 6.41. The van der Waals surface area contributed by atoms with Crippen LogP contribution in [0.1, 0.15) is 46.5 Å². The molecule has 1 aliphatic carbocycles. The van der Waals surface area contributed by atoms with Crippen molar-refractivity contribution in [2.45, 2.75) is 62.4 Å². The average molecular weight is 226 g/mol. The molecule has 0 bridgehead atoms. The Hall–Kier alpha value is -0.580. The van der Waals surface area contributed by atoms with Crippen LogP contribution in [0.25, 0.3) is 0 Å². The number of nitrogens with zero attached hydrogens (tertiary/aromatic N) is 4. The highest BCUT2D eigenvalue weighted by molar-refractivity contribution is 7.99. The minimum Gasteiger partial charge on any atom is -0.215 e. The fraction of sp³-hybridized carbons (Fsp3) is 0.900. The van der Waals surface area contributed by atoms with Gasteiger partial charge >= 0.3 is 0 Å². The zero-order valence-corrected chi connectivity index (χ0v) is 10.4. The number of thioether (sulfide) groups is 1. The first kappa shape index (κ1) is 10.9. The summed E-state index contributed by atoms with van der Waals surface area (Å²) in [7, 11) is 0. The van der Waals surface area contributed by atoms with E-state index < -0.39 is 0 Å². The van der Waals surface area contributed by atoms with Crippen molar-refractivity contribution >= 4 is 11.8 Å². The molecule has 84 valence electrons. The molecule has 0 saturated heterocycles. The maximum atomic E-state index is 4.11. The quantitative estimate of drug-likeness (QED) is 0.777. The monoisotopic (exact) mass is 226 g/mol. The molecule has 4 nitrogen and oxygen atoms in total. The Morgan fingerprint density at radius 3 is 2.53 bits per heavy atom. The number of tetrazole rings is 1. The van der Waals surface area contributed by atoms with Crippen LogP contribution in [-0.2, 0) is 5.54 Å². The topological polar surface area (TPSA) is 43.6 Å². The maximum Gasteiger partial charge on any atom is 0.210 e. The van der Waals surface area contributed by atoms with Crippen molar-refractivity contribution < 1.29 is 0 Å². The highest BCUT2D eigenvalue weighted by atomic mass is 32.2. The SMILES string of the molecule is CC(C)(C)n1nnnc1SC1CCCC1. The van der Waals surface area contributed by atoms with E-state index in [4.69, 9.17) is 0 Å². The van der Waals surface area contributed by atoms with Gasteiger partial charge in [0, 0.05) is 5.25 Å². The molecule has 1 aromatic heterocycles. The zero-order valence-electron chi connectivity index (χ0n) is 9.60. The van der Waals surface area contributed by atoms with Crippen LogP contribution in [-0.4, -0.2) is 25.5 Å². The zero-order chi connectivity index (χ0) is 10.9. The largest absolute Gasteiger partial charge is 0.215 e. The summed E-state index contributed by atoms with van der Waals surface area (Å²) in [5.41, 5.74) is -0.0234. The number of aromatic nitrogens is 4. The standard InChI is InChI=1S/C10H18N4S/c1-10(2,3)14-9(11-12-13-14)15-8-6-4-5-7-8/h8H,4-7H2,1-3H3. The van der Waals surface area contributed by atoms with E-state index in [9.17, 15) is 0 Å². The Balaban J connectivity index is 2.11. The summed E-state index contributed by atoms with van der Waals surface area (Å²) in [4.78, 5) is 0. The van der Waals surface area contributed by atoms with Crippen molar-refractivity contribution in [2.75, 3.05) is 0 Å². The van der Waals surface area contributed by atoms with Crippen LogP contribution >= 0.6 is 11.8 Å². The van der Waals surface area contributed by atoms with Crippen LogP contribution in [0.2, 0.25) is 0 Å². The van der Waals surface area contributed by atoms with Gasteiger partial charge in [-0.3, -0.25) is 0 Å². The maximum absolute atomic E-state index is 4.11. The molecule has 15 heavy (non-hydrogen) atoms. The molecule has 1 saturated carbocycles. The summed E-state index contributed by atoms with van der Waals surface area (Å²) in [5, 5.41) is 13.6. The summed E-state index contributed by atoms with van der Waals surface area (Å²) >= 11 is 1.84. The van der Waals surface area contributed by atoms with E-state index in [1.165, 1.54) is 25.7 Å². The van der Waals surface area contributed by atoms with Crippen LogP contribution in [0.3, 0.4) is 0 Å². The van der Waals surface area contributed by atoms with Crippen LogP contribution in [0.5, 0.6) is 0 Å². The van der Waals surface area contributed by atoms with Crippen LogP contribution in [0.4, 0.5) is 0 Å². The first-order chi connectivity index (χ1) is 7.07. The van der Waals surface area contributed by atoms with Crippen molar-refractivity contribution in [3.05, 3.63) is 0 Å². The second kappa shape index (κ2) is 4.12. The van der Waals surface area contributed by atoms with Crippen molar-refractivity contribution in [1.82, 2.24) is 20.2 Å². The number of rotatable bonds is 2. The molecule has 1 aliphatic rings. The van der Waals surface area contributed by atoms with Gasteiger partial charge in [0.15, 0.2) is 0 Å². The van der Waals surface area contributed by atoms with Gasteiger partial charge < -0.3 is 0 Å². The molecular weight excluding hydrogens is 208 g/mol. The Morgan fingerprint density at radius 1 is 1.27 bits per heavy atom. The highest BCUT2D eigenvalue weighted by Crippen LogP contribution is 2.34. The molecule has 0 atom stereocenters. The Kier molecular flexibility index (Phi) is 3.00. The van der Waals surface area contributed by atoms with Crippen molar-refractivity contribution in [3.63, 3.8) is 0 Å². The molecule has 1 aromatic rings. The summed E-state index contributed by atoms with van der Waals surface area (Å²) in [6, 6.07) is 0. The van der Waals surface area contributed by atoms with Gasteiger partial charge in [0.1, 0.15) is 0 Å². The van der Waals surface area contributed by atoms with Gasteiger partial charge in [0.25, 0.3) is 0 Å². The first-order valence-electron chi connectivity index (χ1n) is 5.53. The molecule has 0 unspecified atom stereocenters.